The first-order valence-electron chi connectivity index (χ1n) is 19.7. The topological polar surface area (TPSA) is 45.5 Å². The van der Waals surface area contributed by atoms with E-state index < -0.39 is 0 Å². The van der Waals surface area contributed by atoms with Gasteiger partial charge in [-0.3, -0.25) is 9.13 Å². The van der Waals surface area contributed by atoms with Gasteiger partial charge in [-0.1, -0.05) is 133 Å². The van der Waals surface area contributed by atoms with E-state index in [0.29, 0.717) is 0 Å². The summed E-state index contributed by atoms with van der Waals surface area (Å²) in [6.45, 7) is 0. The average Bonchev–Trinajstić information content (AvgIpc) is 4.02. The molecular weight excluding hydrogens is 709 g/mol. The van der Waals surface area contributed by atoms with E-state index in [4.69, 9.17) is 9.97 Å². The zero-order valence-corrected chi connectivity index (χ0v) is 31.2. The lowest BCUT2D eigenvalue weighted by Gasteiger charge is -2.14. The van der Waals surface area contributed by atoms with Crippen LogP contribution in [-0.2, 0) is 0 Å². The Morgan fingerprint density at radius 3 is 0.914 bits per heavy atom. The van der Waals surface area contributed by atoms with E-state index in [-0.39, 0.29) is 0 Å². The number of benzene rings is 8. The van der Waals surface area contributed by atoms with Gasteiger partial charge in [0.25, 0.3) is 0 Å². The molecule has 0 unspecified atom stereocenters. The Bertz CT molecular complexity index is 3540. The molecule has 0 aliphatic carbocycles. The Kier molecular flexibility index (Phi) is 6.35. The van der Waals surface area contributed by atoms with Gasteiger partial charge in [-0.25, -0.2) is 9.97 Å². The highest BCUT2D eigenvalue weighted by atomic mass is 15.1. The molecule has 0 amide bonds. The molecule has 5 aromatic heterocycles. The predicted octanol–water partition coefficient (Wildman–Crippen LogP) is 12.9. The number of aromatic nitrogens is 6. The normalized spacial score (nSPS) is 12.1. The molecule has 0 atom stereocenters. The first-order valence-corrected chi connectivity index (χ1v) is 19.7. The lowest BCUT2D eigenvalue weighted by molar-refractivity contribution is 0.986. The van der Waals surface area contributed by atoms with Gasteiger partial charge < -0.3 is 9.13 Å². The highest BCUT2D eigenvalue weighted by molar-refractivity contribution is 6.25. The minimum absolute atomic E-state index is 0.801. The Hall–Kier alpha value is -7.96. The number of para-hydroxylation sites is 6. The van der Waals surface area contributed by atoms with Crippen molar-refractivity contribution in [2.75, 3.05) is 0 Å². The fourth-order valence-electron chi connectivity index (χ4n) is 9.75. The lowest BCUT2D eigenvalue weighted by atomic mass is 10.1. The second-order valence-electron chi connectivity index (χ2n) is 15.0. The fourth-order valence-corrected chi connectivity index (χ4v) is 9.75. The van der Waals surface area contributed by atoms with Crippen LogP contribution in [0, 0.1) is 0 Å². The molecule has 58 heavy (non-hydrogen) atoms. The molecular formula is C52H32N6. The van der Waals surface area contributed by atoms with E-state index in [9.17, 15) is 0 Å². The van der Waals surface area contributed by atoms with E-state index in [1.165, 1.54) is 54.1 Å². The van der Waals surface area contributed by atoms with Crippen molar-refractivity contribution in [3.05, 3.63) is 194 Å². The number of hydrogen-bond acceptors (Lipinski definition) is 2. The Morgan fingerprint density at radius 1 is 0.259 bits per heavy atom. The molecule has 0 saturated carbocycles. The van der Waals surface area contributed by atoms with Crippen molar-refractivity contribution in [1.29, 1.82) is 0 Å². The average molecular weight is 741 g/mol. The molecule has 0 fully saturated rings. The van der Waals surface area contributed by atoms with Gasteiger partial charge in [0.05, 0.1) is 44.1 Å². The molecule has 6 heteroatoms. The van der Waals surface area contributed by atoms with Gasteiger partial charge in [-0.15, -0.1) is 0 Å². The van der Waals surface area contributed by atoms with Gasteiger partial charge in [-0.2, -0.15) is 0 Å². The molecule has 5 heterocycles. The van der Waals surface area contributed by atoms with Crippen molar-refractivity contribution in [2.45, 2.75) is 0 Å². The van der Waals surface area contributed by atoms with E-state index in [0.717, 1.165) is 56.1 Å². The van der Waals surface area contributed by atoms with Crippen LogP contribution in [-0.4, -0.2) is 28.2 Å². The van der Waals surface area contributed by atoms with Crippen LogP contribution in [0.1, 0.15) is 0 Å². The van der Waals surface area contributed by atoms with Crippen LogP contribution in [0.15, 0.2) is 194 Å². The smallest absolute Gasteiger partial charge is 0.143 e. The first kappa shape index (κ1) is 31.3. The highest BCUT2D eigenvalue weighted by Crippen LogP contribution is 2.44. The summed E-state index contributed by atoms with van der Waals surface area (Å²) >= 11 is 0. The molecule has 270 valence electrons. The molecule has 0 saturated heterocycles. The summed E-state index contributed by atoms with van der Waals surface area (Å²) in [6, 6.07) is 67.5. The van der Waals surface area contributed by atoms with Crippen LogP contribution in [0.4, 0.5) is 0 Å². The molecule has 0 bridgehead atoms. The largest absolute Gasteiger partial charge is 0.307 e. The zero-order valence-electron chi connectivity index (χ0n) is 31.2. The second kappa shape index (κ2) is 11.8. The summed E-state index contributed by atoms with van der Waals surface area (Å²) in [5.74, 6) is 1.60. The minimum atomic E-state index is 0.801. The van der Waals surface area contributed by atoms with Crippen LogP contribution < -0.4 is 0 Å². The van der Waals surface area contributed by atoms with Gasteiger partial charge in [0.1, 0.15) is 18.0 Å². The van der Waals surface area contributed by atoms with Crippen LogP contribution >= 0.6 is 0 Å². The maximum Gasteiger partial charge on any atom is 0.143 e. The number of hydrogen-bond donors (Lipinski definition) is 0. The second-order valence-corrected chi connectivity index (χ2v) is 15.0. The summed E-state index contributed by atoms with van der Waals surface area (Å²) in [7, 11) is 0. The van der Waals surface area contributed by atoms with Crippen molar-refractivity contribution in [1.82, 2.24) is 28.2 Å². The zero-order chi connectivity index (χ0) is 37.9. The maximum absolute atomic E-state index is 5.10. The molecule has 13 rings (SSSR count). The monoisotopic (exact) mass is 740 g/mol. The Morgan fingerprint density at radius 2 is 0.552 bits per heavy atom. The van der Waals surface area contributed by atoms with Crippen molar-refractivity contribution in [3.8, 4) is 23.0 Å². The van der Waals surface area contributed by atoms with Crippen molar-refractivity contribution < 1.29 is 0 Å². The maximum atomic E-state index is 5.10. The highest BCUT2D eigenvalue weighted by Gasteiger charge is 2.24. The minimum Gasteiger partial charge on any atom is -0.307 e. The van der Waals surface area contributed by atoms with Gasteiger partial charge >= 0.3 is 0 Å². The van der Waals surface area contributed by atoms with Crippen LogP contribution in [0.3, 0.4) is 0 Å². The van der Waals surface area contributed by atoms with Crippen molar-refractivity contribution in [3.63, 3.8) is 0 Å². The van der Waals surface area contributed by atoms with E-state index in [2.05, 4.69) is 206 Å². The Labute approximate surface area is 331 Å². The van der Waals surface area contributed by atoms with Crippen molar-refractivity contribution >= 4 is 87.2 Å². The van der Waals surface area contributed by atoms with E-state index in [1.54, 1.807) is 6.33 Å². The van der Waals surface area contributed by atoms with Gasteiger partial charge in [0, 0.05) is 60.5 Å². The third-order valence-electron chi connectivity index (χ3n) is 12.1. The Balaban J connectivity index is 1.17. The summed E-state index contributed by atoms with van der Waals surface area (Å²) in [5, 5.41) is 9.53. The van der Waals surface area contributed by atoms with Crippen molar-refractivity contribution in [2.24, 2.45) is 0 Å². The number of rotatable bonds is 4. The predicted molar refractivity (Wildman–Crippen MR) is 239 cm³/mol. The molecule has 0 aliphatic rings. The molecule has 6 nitrogen and oxygen atoms in total. The van der Waals surface area contributed by atoms with Gasteiger partial charge in [-0.05, 0) is 48.5 Å². The number of fused-ring (bicyclic) bond motifs is 14. The van der Waals surface area contributed by atoms with Gasteiger partial charge in [0.15, 0.2) is 0 Å². The van der Waals surface area contributed by atoms with E-state index in [1.807, 2.05) is 0 Å². The molecule has 0 aliphatic heterocycles. The fraction of sp³-hybridized carbons (Fsp3) is 0. The van der Waals surface area contributed by atoms with Crippen LogP contribution in [0.5, 0.6) is 0 Å². The lowest BCUT2D eigenvalue weighted by Crippen LogP contribution is -2.05. The molecule has 8 aromatic carbocycles. The summed E-state index contributed by atoms with van der Waals surface area (Å²) < 4.78 is 9.52. The van der Waals surface area contributed by atoms with Crippen LogP contribution in [0.2, 0.25) is 0 Å². The quantitative estimate of drug-likeness (QED) is 0.180. The standard InChI is InChI=1S/C52H32N6/c1-3-15-33(16-4-1)55-43-23-11-7-19-35(43)39-27-29-41-37-21-9-13-25-45(37)57(51(41)49(39)55)47-31-48(54-32-53-47)58-46-26-14-10-22-38(46)42-30-28-40-36-20-8-12-24-44(36)56(50(40)52(42)58)34-17-5-2-6-18-34/h1-32H. The van der Waals surface area contributed by atoms with Crippen LogP contribution in [0.25, 0.3) is 110 Å². The van der Waals surface area contributed by atoms with E-state index >= 15 is 0 Å². The number of nitrogens with zero attached hydrogens (tertiary/aromatic N) is 6. The molecule has 13 aromatic rings. The summed E-state index contributed by atoms with van der Waals surface area (Å²) in [4.78, 5) is 10.2. The molecule has 0 radical (unpaired) electrons. The summed E-state index contributed by atoms with van der Waals surface area (Å²) in [6.07, 6.45) is 1.73. The third kappa shape index (κ3) is 4.15. The third-order valence-corrected chi connectivity index (χ3v) is 12.1. The first-order chi connectivity index (χ1) is 28.8. The molecule has 0 N–H and O–H groups in total. The molecule has 0 spiro atoms. The SMILES string of the molecule is c1ccc(-n2c3ccccc3c3ccc4c5ccccc5n(-c5cc(-n6c7ccccc7c7ccc8c9ccccc9n(-c9ccccc9)c8c76)ncn5)c4c32)cc1. The summed E-state index contributed by atoms with van der Waals surface area (Å²) in [5.41, 5.74) is 11.3. The van der Waals surface area contributed by atoms with Gasteiger partial charge in [0.2, 0.25) is 0 Å².